The van der Waals surface area contributed by atoms with Gasteiger partial charge in [0.2, 0.25) is 0 Å². The highest BCUT2D eigenvalue weighted by atomic mass is 32.1. The van der Waals surface area contributed by atoms with E-state index in [1.165, 1.54) is 102 Å². The van der Waals surface area contributed by atoms with Gasteiger partial charge in [0.25, 0.3) is 0 Å². The van der Waals surface area contributed by atoms with Crippen molar-refractivity contribution in [1.82, 2.24) is 4.57 Å². The normalized spacial score (nSPS) is 12.3. The van der Waals surface area contributed by atoms with Crippen LogP contribution in [-0.4, -0.2) is 4.57 Å². The molecule has 46 heavy (non-hydrogen) atoms. The van der Waals surface area contributed by atoms with Crippen LogP contribution < -0.4 is 0 Å². The van der Waals surface area contributed by atoms with Crippen molar-refractivity contribution in [2.24, 2.45) is 0 Å². The molecule has 2 heterocycles. The predicted octanol–water partition coefficient (Wildman–Crippen LogP) is 12.9. The summed E-state index contributed by atoms with van der Waals surface area (Å²) in [5, 5.41) is 18.4. The van der Waals surface area contributed by atoms with Gasteiger partial charge in [0.05, 0.1) is 15.7 Å². The second-order valence-corrected chi connectivity index (χ2v) is 13.5. The highest BCUT2D eigenvalue weighted by Gasteiger charge is 2.24. The summed E-state index contributed by atoms with van der Waals surface area (Å²) in [4.78, 5) is 0. The van der Waals surface area contributed by atoms with Gasteiger partial charge in [-0.15, -0.1) is 11.3 Å². The average Bonchev–Trinajstić information content (AvgIpc) is 3.68. The van der Waals surface area contributed by atoms with Gasteiger partial charge in [-0.3, -0.25) is 0 Å². The lowest BCUT2D eigenvalue weighted by molar-refractivity contribution is 1.19. The zero-order chi connectivity index (χ0) is 29.9. The van der Waals surface area contributed by atoms with Gasteiger partial charge in [-0.2, -0.15) is 0 Å². The van der Waals surface area contributed by atoms with Gasteiger partial charge in [0.15, 0.2) is 0 Å². The fourth-order valence-corrected chi connectivity index (χ4v) is 9.48. The van der Waals surface area contributed by atoms with Crippen molar-refractivity contribution in [1.29, 1.82) is 0 Å². The molecule has 9 aromatic carbocycles. The molecule has 0 fully saturated rings. The molecule has 0 radical (unpaired) electrons. The Kier molecular flexibility index (Phi) is 4.78. The van der Waals surface area contributed by atoms with Gasteiger partial charge in [-0.05, 0) is 67.4 Å². The monoisotopic (exact) mass is 599 g/mol. The van der Waals surface area contributed by atoms with Crippen LogP contribution in [0, 0.1) is 0 Å². The Balaban J connectivity index is 1.46. The third-order valence-corrected chi connectivity index (χ3v) is 11.3. The molecular weight excluding hydrogens is 575 g/mol. The molecule has 0 N–H and O–H groups in total. The van der Waals surface area contributed by atoms with Crippen LogP contribution in [-0.2, 0) is 0 Å². The van der Waals surface area contributed by atoms with E-state index in [1.807, 2.05) is 11.3 Å². The summed E-state index contributed by atoms with van der Waals surface area (Å²) < 4.78 is 5.22. The molecule has 0 amide bonds. The molecular formula is C44H25NS. The topological polar surface area (TPSA) is 4.93 Å². The van der Waals surface area contributed by atoms with Crippen LogP contribution in [0.3, 0.4) is 0 Å². The van der Waals surface area contributed by atoms with Gasteiger partial charge >= 0.3 is 0 Å². The Labute approximate surface area is 268 Å². The number of fused-ring (bicyclic) bond motifs is 18. The largest absolute Gasteiger partial charge is 0.308 e. The second-order valence-electron chi connectivity index (χ2n) is 12.4. The first-order valence-electron chi connectivity index (χ1n) is 15.9. The molecule has 11 aromatic rings. The van der Waals surface area contributed by atoms with Gasteiger partial charge in [-0.1, -0.05) is 127 Å². The first-order valence-corrected chi connectivity index (χ1v) is 16.7. The maximum Gasteiger partial charge on any atom is 0.0726 e. The van der Waals surface area contributed by atoms with E-state index >= 15 is 0 Å². The number of thiophene rings is 1. The molecule has 11 rings (SSSR count). The summed E-state index contributed by atoms with van der Waals surface area (Å²) >= 11 is 1.93. The van der Waals surface area contributed by atoms with E-state index in [1.54, 1.807) is 0 Å². The van der Waals surface area contributed by atoms with Crippen molar-refractivity contribution < 1.29 is 0 Å². The molecule has 0 saturated heterocycles. The number of benzene rings is 9. The number of rotatable bonds is 1. The Hall–Kier alpha value is -5.70. The summed E-state index contributed by atoms with van der Waals surface area (Å²) in [7, 11) is 0. The van der Waals surface area contributed by atoms with E-state index in [0.717, 1.165) is 0 Å². The minimum atomic E-state index is 1.19. The van der Waals surface area contributed by atoms with Crippen LogP contribution in [0.4, 0.5) is 0 Å². The molecule has 1 nitrogen and oxygen atoms in total. The molecule has 0 saturated carbocycles. The van der Waals surface area contributed by atoms with E-state index < -0.39 is 0 Å². The summed E-state index contributed by atoms with van der Waals surface area (Å²) in [6.07, 6.45) is 0. The van der Waals surface area contributed by atoms with E-state index in [2.05, 4.69) is 156 Å². The number of aromatic nitrogens is 1. The lowest BCUT2D eigenvalue weighted by atomic mass is 9.89. The van der Waals surface area contributed by atoms with Crippen LogP contribution in [0.15, 0.2) is 152 Å². The molecule has 0 bridgehead atoms. The molecule has 0 atom stereocenters. The van der Waals surface area contributed by atoms with E-state index in [9.17, 15) is 0 Å². The summed E-state index contributed by atoms with van der Waals surface area (Å²) in [5.41, 5.74) is 3.73. The third-order valence-electron chi connectivity index (χ3n) is 10.1. The maximum atomic E-state index is 2.55. The first-order chi connectivity index (χ1) is 22.8. The fraction of sp³-hybridized carbons (Fsp3) is 0. The Morgan fingerprint density at radius 1 is 0.370 bits per heavy atom. The smallest absolute Gasteiger partial charge is 0.0726 e. The van der Waals surface area contributed by atoms with E-state index in [-0.39, 0.29) is 0 Å². The average molecular weight is 600 g/mol. The maximum absolute atomic E-state index is 2.55. The van der Waals surface area contributed by atoms with Crippen molar-refractivity contribution in [3.8, 4) is 5.69 Å². The van der Waals surface area contributed by atoms with Crippen LogP contribution >= 0.6 is 11.3 Å². The quantitative estimate of drug-likeness (QED) is 0.165. The number of para-hydroxylation sites is 1. The van der Waals surface area contributed by atoms with Gasteiger partial charge in [-0.25, -0.2) is 0 Å². The van der Waals surface area contributed by atoms with Crippen molar-refractivity contribution in [3.63, 3.8) is 0 Å². The van der Waals surface area contributed by atoms with Crippen LogP contribution in [0.1, 0.15) is 0 Å². The summed E-state index contributed by atoms with van der Waals surface area (Å²) in [6.45, 7) is 0. The molecule has 212 valence electrons. The molecule has 0 spiro atoms. The van der Waals surface area contributed by atoms with E-state index in [4.69, 9.17) is 0 Å². The highest BCUT2D eigenvalue weighted by molar-refractivity contribution is 7.27. The highest BCUT2D eigenvalue weighted by Crippen LogP contribution is 2.51. The van der Waals surface area contributed by atoms with Crippen LogP contribution in [0.25, 0.3) is 102 Å². The van der Waals surface area contributed by atoms with E-state index in [0.29, 0.717) is 0 Å². The predicted molar refractivity (Wildman–Crippen MR) is 201 cm³/mol. The molecule has 0 aliphatic rings. The van der Waals surface area contributed by atoms with Gasteiger partial charge in [0, 0.05) is 42.7 Å². The van der Waals surface area contributed by atoms with Crippen molar-refractivity contribution in [2.75, 3.05) is 0 Å². The lowest BCUT2D eigenvalue weighted by Crippen LogP contribution is -1.95. The lowest BCUT2D eigenvalue weighted by Gasteiger charge is -2.15. The minimum absolute atomic E-state index is 1.19. The zero-order valence-corrected chi connectivity index (χ0v) is 25.6. The molecule has 0 unspecified atom stereocenters. The Bertz CT molecular complexity index is 3080. The summed E-state index contributed by atoms with van der Waals surface area (Å²) in [5.74, 6) is 0. The zero-order valence-electron chi connectivity index (χ0n) is 24.8. The molecule has 0 aliphatic heterocycles. The molecule has 2 heteroatoms. The second kappa shape index (κ2) is 8.94. The molecule has 2 aromatic heterocycles. The number of hydrogen-bond donors (Lipinski definition) is 0. The van der Waals surface area contributed by atoms with Crippen molar-refractivity contribution in [3.05, 3.63) is 152 Å². The first kappa shape index (κ1) is 24.6. The Morgan fingerprint density at radius 3 is 1.67 bits per heavy atom. The minimum Gasteiger partial charge on any atom is -0.308 e. The summed E-state index contributed by atoms with van der Waals surface area (Å²) in [6, 6.07) is 56.2. The standard InChI is InChI=1S/C44H25NS/c1-2-12-29-26(11-1)21-22-27-23-24-28(25-36(27)29)45-37-19-9-7-17-34(37)41-39-32-15-5-3-13-30(32)31-14-4-6-16-33(31)40(39)42-35-18-8-10-20-38(35)46-44(42)43(41)45/h1-25H. The van der Waals surface area contributed by atoms with Crippen molar-refractivity contribution in [2.45, 2.75) is 0 Å². The van der Waals surface area contributed by atoms with Crippen LogP contribution in [0.5, 0.6) is 0 Å². The number of hydrogen-bond acceptors (Lipinski definition) is 1. The Morgan fingerprint density at radius 2 is 0.913 bits per heavy atom. The van der Waals surface area contributed by atoms with Gasteiger partial charge in [0.1, 0.15) is 0 Å². The molecule has 0 aliphatic carbocycles. The SMILES string of the molecule is c1ccc2c(c1)ccc1ccc(-n3c4ccccc4c4c5c6ccccc6c6ccccc6c5c5c6ccccc6sc5c43)cc12. The van der Waals surface area contributed by atoms with Crippen molar-refractivity contribution >= 4 is 107 Å². The van der Waals surface area contributed by atoms with Gasteiger partial charge < -0.3 is 4.57 Å². The third kappa shape index (κ3) is 3.09. The number of nitrogens with zero attached hydrogens (tertiary/aromatic N) is 1. The fourth-order valence-electron chi connectivity index (χ4n) is 8.23. The van der Waals surface area contributed by atoms with Crippen LogP contribution in [0.2, 0.25) is 0 Å².